The third kappa shape index (κ3) is 4.05. The average Bonchev–Trinajstić information content (AvgIpc) is 3.34. The summed E-state index contributed by atoms with van der Waals surface area (Å²) in [5.41, 5.74) is 1.91. The second-order valence-corrected chi connectivity index (χ2v) is 9.38. The van der Waals surface area contributed by atoms with Crippen LogP contribution < -0.4 is 0 Å². The van der Waals surface area contributed by atoms with E-state index in [1.54, 1.807) is 22.3 Å². The molecule has 0 atom stereocenters. The number of nitrogens with one attached hydrogen (secondary N) is 1. The van der Waals surface area contributed by atoms with E-state index in [1.165, 1.54) is 12.1 Å². The van der Waals surface area contributed by atoms with Gasteiger partial charge in [-0.1, -0.05) is 20.8 Å². The van der Waals surface area contributed by atoms with E-state index in [4.69, 9.17) is 4.98 Å². The van der Waals surface area contributed by atoms with Crippen molar-refractivity contribution in [2.45, 2.75) is 32.7 Å². The summed E-state index contributed by atoms with van der Waals surface area (Å²) in [7, 11) is 0. The van der Waals surface area contributed by atoms with E-state index in [2.05, 4.69) is 41.2 Å². The third-order valence-corrected chi connectivity index (χ3v) is 6.52. The maximum absolute atomic E-state index is 13.0. The first-order valence-electron chi connectivity index (χ1n) is 9.81. The van der Waals surface area contributed by atoms with Gasteiger partial charge in [0, 0.05) is 61.0 Å². The quantitative estimate of drug-likeness (QED) is 0.505. The first-order valence-corrected chi connectivity index (χ1v) is 10.7. The third-order valence-electron chi connectivity index (χ3n) is 5.20. The predicted molar refractivity (Wildman–Crippen MR) is 115 cm³/mol. The highest BCUT2D eigenvalue weighted by Crippen LogP contribution is 2.26. The SMILES string of the molecule is CC(C)(C)c1nc(CN2CCN(C(=O)c3n[nH]c4ccc([N+](=O)[O-])cc34)CC2)cs1. The highest BCUT2D eigenvalue weighted by atomic mass is 32.1. The number of nitro groups is 1. The number of carbonyl (C=O) groups is 1. The number of rotatable bonds is 4. The molecule has 4 rings (SSSR count). The number of benzene rings is 1. The van der Waals surface area contributed by atoms with E-state index < -0.39 is 4.92 Å². The summed E-state index contributed by atoms with van der Waals surface area (Å²) < 4.78 is 0. The number of thiazole rings is 1. The molecule has 1 aliphatic rings. The molecule has 0 unspecified atom stereocenters. The van der Waals surface area contributed by atoms with Crippen LogP contribution in [0.5, 0.6) is 0 Å². The maximum Gasteiger partial charge on any atom is 0.275 e. The summed E-state index contributed by atoms with van der Waals surface area (Å²) in [6, 6.07) is 4.38. The average molecular weight is 429 g/mol. The first kappa shape index (κ1) is 20.4. The van der Waals surface area contributed by atoms with Gasteiger partial charge in [0.2, 0.25) is 0 Å². The summed E-state index contributed by atoms with van der Waals surface area (Å²) in [5, 5.41) is 21.7. The van der Waals surface area contributed by atoms with Crippen molar-refractivity contribution >= 4 is 33.8 Å². The minimum absolute atomic E-state index is 0.0510. The minimum atomic E-state index is -0.469. The lowest BCUT2D eigenvalue weighted by Crippen LogP contribution is -2.48. The second-order valence-electron chi connectivity index (χ2n) is 8.52. The van der Waals surface area contributed by atoms with Crippen molar-refractivity contribution in [1.29, 1.82) is 0 Å². The van der Waals surface area contributed by atoms with Gasteiger partial charge in [-0.2, -0.15) is 5.10 Å². The molecule has 2 aromatic heterocycles. The zero-order chi connectivity index (χ0) is 21.5. The van der Waals surface area contributed by atoms with E-state index in [9.17, 15) is 14.9 Å². The van der Waals surface area contributed by atoms with Crippen LogP contribution >= 0.6 is 11.3 Å². The molecule has 9 nitrogen and oxygen atoms in total. The Bertz CT molecular complexity index is 1090. The van der Waals surface area contributed by atoms with E-state index >= 15 is 0 Å². The molecule has 0 spiro atoms. The lowest BCUT2D eigenvalue weighted by Gasteiger charge is -2.34. The predicted octanol–water partition coefficient (Wildman–Crippen LogP) is 3.18. The second kappa shape index (κ2) is 7.77. The van der Waals surface area contributed by atoms with Crippen LogP contribution in [0.2, 0.25) is 0 Å². The van der Waals surface area contributed by atoms with Crippen molar-refractivity contribution in [2.75, 3.05) is 26.2 Å². The van der Waals surface area contributed by atoms with Crippen LogP contribution in [-0.4, -0.2) is 62.0 Å². The summed E-state index contributed by atoms with van der Waals surface area (Å²) in [6.07, 6.45) is 0. The summed E-state index contributed by atoms with van der Waals surface area (Å²) in [6.45, 7) is 9.91. The lowest BCUT2D eigenvalue weighted by molar-refractivity contribution is -0.384. The van der Waals surface area contributed by atoms with Crippen molar-refractivity contribution in [2.24, 2.45) is 0 Å². The molecule has 10 heteroatoms. The molecular formula is C20H24N6O3S. The Morgan fingerprint density at radius 2 is 2.00 bits per heavy atom. The number of fused-ring (bicyclic) bond motifs is 1. The lowest BCUT2D eigenvalue weighted by atomic mass is 9.98. The van der Waals surface area contributed by atoms with Gasteiger partial charge in [0.05, 0.1) is 21.1 Å². The maximum atomic E-state index is 13.0. The van der Waals surface area contributed by atoms with Gasteiger partial charge in [0.1, 0.15) is 0 Å². The van der Waals surface area contributed by atoms with Crippen LogP contribution in [0.1, 0.15) is 42.0 Å². The molecule has 3 heterocycles. The Hall–Kier alpha value is -2.85. The number of aromatic amines is 1. The van der Waals surface area contributed by atoms with Gasteiger partial charge >= 0.3 is 0 Å². The Kier molecular flexibility index (Phi) is 5.29. The smallest absolute Gasteiger partial charge is 0.275 e. The minimum Gasteiger partial charge on any atom is -0.335 e. The molecule has 1 fully saturated rings. The largest absolute Gasteiger partial charge is 0.335 e. The van der Waals surface area contributed by atoms with Crippen LogP contribution in [-0.2, 0) is 12.0 Å². The highest BCUT2D eigenvalue weighted by Gasteiger charge is 2.26. The van der Waals surface area contributed by atoms with E-state index in [-0.39, 0.29) is 22.7 Å². The number of aromatic nitrogens is 3. The fourth-order valence-electron chi connectivity index (χ4n) is 3.49. The summed E-state index contributed by atoms with van der Waals surface area (Å²) in [5.74, 6) is -0.204. The molecule has 1 saturated heterocycles. The highest BCUT2D eigenvalue weighted by molar-refractivity contribution is 7.09. The first-order chi connectivity index (χ1) is 14.2. The van der Waals surface area contributed by atoms with Crippen LogP contribution in [0, 0.1) is 10.1 Å². The van der Waals surface area contributed by atoms with Gasteiger partial charge in [-0.05, 0) is 6.07 Å². The molecule has 3 aromatic rings. The number of carbonyl (C=O) groups excluding carboxylic acids is 1. The number of hydrogen-bond acceptors (Lipinski definition) is 7. The molecule has 1 aliphatic heterocycles. The van der Waals surface area contributed by atoms with Gasteiger partial charge in [-0.25, -0.2) is 4.98 Å². The molecule has 158 valence electrons. The van der Waals surface area contributed by atoms with Crippen LogP contribution in [0.15, 0.2) is 23.6 Å². The molecular weight excluding hydrogens is 404 g/mol. The van der Waals surface area contributed by atoms with E-state index in [1.807, 2.05) is 0 Å². The molecule has 1 N–H and O–H groups in total. The summed E-state index contributed by atoms with van der Waals surface area (Å²) >= 11 is 1.69. The zero-order valence-corrected chi connectivity index (χ0v) is 18.0. The molecule has 0 bridgehead atoms. The fraction of sp³-hybridized carbons (Fsp3) is 0.450. The molecule has 1 amide bonds. The van der Waals surface area contributed by atoms with Crippen LogP contribution in [0.4, 0.5) is 5.69 Å². The molecule has 1 aromatic carbocycles. The Morgan fingerprint density at radius 3 is 2.63 bits per heavy atom. The van der Waals surface area contributed by atoms with Crippen LogP contribution in [0.3, 0.4) is 0 Å². The van der Waals surface area contributed by atoms with Crippen molar-refractivity contribution in [3.05, 3.63) is 50.1 Å². The number of amides is 1. The molecule has 0 aliphatic carbocycles. The van der Waals surface area contributed by atoms with Crippen molar-refractivity contribution < 1.29 is 9.72 Å². The van der Waals surface area contributed by atoms with Crippen molar-refractivity contribution in [1.82, 2.24) is 25.0 Å². The Morgan fingerprint density at radius 1 is 1.27 bits per heavy atom. The zero-order valence-electron chi connectivity index (χ0n) is 17.2. The summed E-state index contributed by atoms with van der Waals surface area (Å²) in [4.78, 5) is 32.4. The topological polar surface area (TPSA) is 108 Å². The van der Waals surface area contributed by atoms with Gasteiger partial charge in [0.25, 0.3) is 11.6 Å². The monoisotopic (exact) mass is 428 g/mol. The number of nitrogens with zero attached hydrogens (tertiary/aromatic N) is 5. The number of piperazine rings is 1. The molecule has 0 saturated carbocycles. The van der Waals surface area contributed by atoms with Gasteiger partial charge in [-0.3, -0.25) is 24.9 Å². The number of H-pyrrole nitrogens is 1. The molecule has 0 radical (unpaired) electrons. The Labute approximate surface area is 177 Å². The number of nitro benzene ring substituents is 1. The molecule has 30 heavy (non-hydrogen) atoms. The van der Waals surface area contributed by atoms with Gasteiger partial charge < -0.3 is 4.90 Å². The number of hydrogen-bond donors (Lipinski definition) is 1. The van der Waals surface area contributed by atoms with E-state index in [0.29, 0.717) is 24.0 Å². The van der Waals surface area contributed by atoms with E-state index in [0.717, 1.165) is 30.3 Å². The van der Waals surface area contributed by atoms with Gasteiger partial charge in [0.15, 0.2) is 5.69 Å². The number of non-ortho nitro benzene ring substituents is 1. The van der Waals surface area contributed by atoms with Crippen molar-refractivity contribution in [3.63, 3.8) is 0 Å². The normalized spacial score (nSPS) is 15.6. The van der Waals surface area contributed by atoms with Crippen LogP contribution in [0.25, 0.3) is 10.9 Å². The van der Waals surface area contributed by atoms with Crippen molar-refractivity contribution in [3.8, 4) is 0 Å². The Balaban J connectivity index is 1.41. The standard InChI is InChI=1S/C20H24N6O3S/c1-20(2,3)19-21-13(12-30-19)11-24-6-8-25(9-7-24)18(27)17-15-10-14(26(28)29)4-5-16(15)22-23-17/h4-5,10,12H,6-9,11H2,1-3H3,(H,22,23). The van der Waals surface area contributed by atoms with Gasteiger partial charge in [-0.15, -0.1) is 11.3 Å². The fourth-order valence-corrected chi connectivity index (χ4v) is 4.39.